The predicted octanol–water partition coefficient (Wildman–Crippen LogP) is 3.38. The lowest BCUT2D eigenvalue weighted by molar-refractivity contribution is -0.122. The van der Waals surface area contributed by atoms with E-state index in [4.69, 9.17) is 11.6 Å². The number of amides is 2. The minimum Gasteiger partial charge on any atom is -0.312 e. The third-order valence-corrected chi connectivity index (χ3v) is 6.02. The molecule has 4 rings (SSSR count). The molecule has 0 saturated carbocycles. The van der Waals surface area contributed by atoms with Gasteiger partial charge in [-0.3, -0.25) is 14.5 Å². The van der Waals surface area contributed by atoms with Crippen molar-refractivity contribution < 1.29 is 9.59 Å². The molecule has 1 N–H and O–H groups in total. The number of rotatable bonds is 5. The Kier molecular flexibility index (Phi) is 5.43. The van der Waals surface area contributed by atoms with Gasteiger partial charge in [0.05, 0.1) is 11.6 Å². The smallest absolute Gasteiger partial charge is 0.231 e. The number of nitrogens with zero attached hydrogens (tertiary/aromatic N) is 3. The van der Waals surface area contributed by atoms with Crippen LogP contribution < -0.4 is 10.2 Å². The quantitative estimate of drug-likeness (QED) is 0.829. The third kappa shape index (κ3) is 4.31. The van der Waals surface area contributed by atoms with Gasteiger partial charge in [-0.15, -0.1) is 11.3 Å². The van der Waals surface area contributed by atoms with Crippen LogP contribution in [-0.2, 0) is 16.1 Å². The van der Waals surface area contributed by atoms with Gasteiger partial charge in [-0.2, -0.15) is 0 Å². The van der Waals surface area contributed by atoms with Crippen LogP contribution >= 0.6 is 22.9 Å². The van der Waals surface area contributed by atoms with E-state index < -0.39 is 0 Å². The molecule has 0 bridgehead atoms. The van der Waals surface area contributed by atoms with E-state index in [0.29, 0.717) is 16.7 Å². The average molecular weight is 405 g/mol. The lowest BCUT2D eigenvalue weighted by Gasteiger charge is -2.16. The number of halogens is 1. The zero-order valence-corrected chi connectivity index (χ0v) is 16.4. The number of hydrogen-bond donors (Lipinski definition) is 1. The van der Waals surface area contributed by atoms with Crippen LogP contribution in [0.3, 0.4) is 0 Å². The van der Waals surface area contributed by atoms with Gasteiger partial charge in [-0.25, -0.2) is 4.98 Å². The second-order valence-electron chi connectivity index (χ2n) is 7.00. The zero-order chi connectivity index (χ0) is 18.8. The summed E-state index contributed by atoms with van der Waals surface area (Å²) in [6.45, 7) is 3.42. The number of thiazole rings is 1. The Morgan fingerprint density at radius 2 is 2.15 bits per heavy atom. The minimum absolute atomic E-state index is 0.0636. The molecule has 2 saturated heterocycles. The number of carbonyl (C=O) groups excluding carboxylic acids is 2. The summed E-state index contributed by atoms with van der Waals surface area (Å²) in [5, 5.41) is 6.04. The summed E-state index contributed by atoms with van der Waals surface area (Å²) in [4.78, 5) is 33.5. The van der Waals surface area contributed by atoms with Gasteiger partial charge in [-0.05, 0) is 44.1 Å². The highest BCUT2D eigenvalue weighted by Gasteiger charge is 2.35. The number of benzene rings is 1. The van der Waals surface area contributed by atoms with E-state index in [1.165, 1.54) is 24.2 Å². The molecule has 2 amide bonds. The molecule has 1 aromatic carbocycles. The van der Waals surface area contributed by atoms with E-state index in [1.807, 2.05) is 11.4 Å². The first-order valence-corrected chi connectivity index (χ1v) is 10.4. The Labute approximate surface area is 167 Å². The molecule has 2 fully saturated rings. The molecule has 3 heterocycles. The second-order valence-corrected chi connectivity index (χ2v) is 8.30. The maximum absolute atomic E-state index is 12.6. The summed E-state index contributed by atoms with van der Waals surface area (Å²) in [5.74, 6) is -0.608. The predicted molar refractivity (Wildman–Crippen MR) is 107 cm³/mol. The third-order valence-electron chi connectivity index (χ3n) is 4.98. The number of aromatic nitrogens is 1. The van der Waals surface area contributed by atoms with Crippen LogP contribution in [0.25, 0.3) is 0 Å². The Morgan fingerprint density at radius 1 is 1.33 bits per heavy atom. The van der Waals surface area contributed by atoms with Crippen molar-refractivity contribution in [2.45, 2.75) is 25.8 Å². The molecular weight excluding hydrogens is 384 g/mol. The van der Waals surface area contributed by atoms with Gasteiger partial charge in [0.15, 0.2) is 5.13 Å². The Morgan fingerprint density at radius 3 is 2.93 bits per heavy atom. The van der Waals surface area contributed by atoms with Crippen LogP contribution in [0.4, 0.5) is 10.8 Å². The van der Waals surface area contributed by atoms with Crippen molar-refractivity contribution in [3.63, 3.8) is 0 Å². The number of nitrogens with one attached hydrogen (secondary N) is 1. The Bertz CT molecular complexity index is 850. The summed E-state index contributed by atoms with van der Waals surface area (Å²) in [6, 6.07) is 7.13. The van der Waals surface area contributed by atoms with Gasteiger partial charge in [-0.1, -0.05) is 17.7 Å². The summed E-state index contributed by atoms with van der Waals surface area (Å²) < 4.78 is 0. The van der Waals surface area contributed by atoms with E-state index in [1.54, 1.807) is 23.1 Å². The summed E-state index contributed by atoms with van der Waals surface area (Å²) >= 11 is 7.45. The van der Waals surface area contributed by atoms with E-state index in [0.717, 1.165) is 31.0 Å². The first-order chi connectivity index (χ1) is 13.1. The highest BCUT2D eigenvalue weighted by molar-refractivity contribution is 7.13. The van der Waals surface area contributed by atoms with Crippen molar-refractivity contribution in [3.8, 4) is 0 Å². The summed E-state index contributed by atoms with van der Waals surface area (Å²) in [7, 11) is 0. The first-order valence-electron chi connectivity index (χ1n) is 9.12. The average Bonchev–Trinajstić information content (AvgIpc) is 3.37. The lowest BCUT2D eigenvalue weighted by Crippen LogP contribution is -2.28. The zero-order valence-electron chi connectivity index (χ0n) is 14.9. The largest absolute Gasteiger partial charge is 0.312 e. The van der Waals surface area contributed by atoms with Crippen molar-refractivity contribution in [1.29, 1.82) is 0 Å². The van der Waals surface area contributed by atoms with Gasteiger partial charge in [0.25, 0.3) is 0 Å². The van der Waals surface area contributed by atoms with Gasteiger partial charge in [0.2, 0.25) is 11.8 Å². The number of likely N-dealkylation sites (tertiary alicyclic amines) is 1. The number of carbonyl (C=O) groups is 2. The van der Waals surface area contributed by atoms with Crippen molar-refractivity contribution in [3.05, 3.63) is 40.4 Å². The van der Waals surface area contributed by atoms with E-state index in [9.17, 15) is 9.59 Å². The molecule has 2 aliphatic rings. The van der Waals surface area contributed by atoms with Crippen molar-refractivity contribution in [2.24, 2.45) is 5.92 Å². The molecule has 0 aliphatic carbocycles. The standard InChI is InChI=1S/C19H21ClN4O2S/c20-14-4-3-5-16(9-14)24-10-13(8-17(24)25)18(26)22-19-21-15(12-27-19)11-23-6-1-2-7-23/h3-5,9,12-13H,1-2,6-8,10-11H2,(H,21,22,26)/t13-/m1/s1. The molecule has 27 heavy (non-hydrogen) atoms. The number of anilines is 2. The molecule has 1 aromatic heterocycles. The van der Waals surface area contributed by atoms with Crippen LogP contribution in [-0.4, -0.2) is 41.3 Å². The highest BCUT2D eigenvalue weighted by atomic mass is 35.5. The molecular formula is C19H21ClN4O2S. The van der Waals surface area contributed by atoms with E-state index in [2.05, 4.69) is 15.2 Å². The van der Waals surface area contributed by atoms with Crippen molar-refractivity contribution in [1.82, 2.24) is 9.88 Å². The van der Waals surface area contributed by atoms with Crippen LogP contribution in [0.2, 0.25) is 5.02 Å². The molecule has 142 valence electrons. The molecule has 0 unspecified atom stereocenters. The number of hydrogen-bond acceptors (Lipinski definition) is 5. The van der Waals surface area contributed by atoms with Crippen LogP contribution in [0, 0.1) is 5.92 Å². The normalized spacial score (nSPS) is 20.4. The minimum atomic E-state index is -0.387. The maximum atomic E-state index is 12.6. The fourth-order valence-electron chi connectivity index (χ4n) is 3.59. The van der Waals surface area contributed by atoms with Crippen LogP contribution in [0.5, 0.6) is 0 Å². The molecule has 2 aliphatic heterocycles. The summed E-state index contributed by atoms with van der Waals surface area (Å²) in [5.41, 5.74) is 1.71. The SMILES string of the molecule is O=C(Nc1nc(CN2CCCC2)cs1)[C@@H]1CC(=O)N(c2cccc(Cl)c2)C1. The monoisotopic (exact) mass is 404 g/mol. The Hall–Kier alpha value is -1.96. The molecule has 1 atom stereocenters. The molecule has 6 nitrogen and oxygen atoms in total. The summed E-state index contributed by atoms with van der Waals surface area (Å²) in [6.07, 6.45) is 2.68. The lowest BCUT2D eigenvalue weighted by atomic mass is 10.1. The maximum Gasteiger partial charge on any atom is 0.231 e. The molecule has 2 aromatic rings. The van der Waals surface area contributed by atoms with Gasteiger partial charge in [0, 0.05) is 35.6 Å². The van der Waals surface area contributed by atoms with E-state index >= 15 is 0 Å². The first kappa shape index (κ1) is 18.4. The molecule has 0 spiro atoms. The fraction of sp³-hybridized carbons (Fsp3) is 0.421. The van der Waals surface area contributed by atoms with Crippen molar-refractivity contribution in [2.75, 3.05) is 29.9 Å². The molecule has 8 heteroatoms. The van der Waals surface area contributed by atoms with Gasteiger partial charge in [0.1, 0.15) is 0 Å². The van der Waals surface area contributed by atoms with Gasteiger partial charge < -0.3 is 10.2 Å². The highest BCUT2D eigenvalue weighted by Crippen LogP contribution is 2.28. The van der Waals surface area contributed by atoms with Crippen LogP contribution in [0.15, 0.2) is 29.6 Å². The van der Waals surface area contributed by atoms with Gasteiger partial charge >= 0.3 is 0 Å². The Balaban J connectivity index is 1.36. The van der Waals surface area contributed by atoms with Crippen LogP contribution in [0.1, 0.15) is 25.0 Å². The topological polar surface area (TPSA) is 65.5 Å². The van der Waals surface area contributed by atoms with E-state index in [-0.39, 0.29) is 24.2 Å². The van der Waals surface area contributed by atoms with Crippen molar-refractivity contribution >= 4 is 45.6 Å². The molecule has 0 radical (unpaired) electrons. The second kappa shape index (κ2) is 7.96. The fourth-order valence-corrected chi connectivity index (χ4v) is 4.48.